The summed E-state index contributed by atoms with van der Waals surface area (Å²) in [6.45, 7) is 2.55. The molecule has 0 saturated heterocycles. The molecule has 1 fully saturated rings. The molecule has 0 spiro atoms. The van der Waals surface area contributed by atoms with Crippen LogP contribution in [0.4, 0.5) is 0 Å². The van der Waals surface area contributed by atoms with Crippen LogP contribution in [-0.4, -0.2) is 18.0 Å². The van der Waals surface area contributed by atoms with Crippen LogP contribution in [0.2, 0.25) is 0 Å². The molecule has 3 N–H and O–H groups in total. The highest BCUT2D eigenvalue weighted by atomic mass is 35.5. The zero-order chi connectivity index (χ0) is 16.3. The van der Waals surface area contributed by atoms with Crippen molar-refractivity contribution in [1.82, 2.24) is 5.32 Å². The number of carbonyl (C=O) groups excluding carboxylic acids is 1. The maximum absolute atomic E-state index is 12.3. The molecule has 1 aliphatic rings. The first-order chi connectivity index (χ1) is 11.1. The average molecular weight is 345 g/mol. The summed E-state index contributed by atoms with van der Waals surface area (Å²) in [5.74, 6) is 0.592. The molecule has 0 bridgehead atoms. The summed E-state index contributed by atoms with van der Waals surface area (Å²) in [5.41, 5.74) is 8.99. The molecule has 0 heterocycles. The molecular formula is C20H25ClN2O. The molecule has 1 atom stereocenters. The van der Waals surface area contributed by atoms with Crippen molar-refractivity contribution in [3.63, 3.8) is 0 Å². The molecular weight excluding hydrogens is 320 g/mol. The van der Waals surface area contributed by atoms with Crippen LogP contribution in [0.5, 0.6) is 0 Å². The summed E-state index contributed by atoms with van der Waals surface area (Å²) in [6, 6.07) is 18.4. The van der Waals surface area contributed by atoms with E-state index in [2.05, 4.69) is 36.5 Å². The van der Waals surface area contributed by atoms with E-state index in [0.29, 0.717) is 18.9 Å². The number of carbonyl (C=O) groups is 1. The smallest absolute Gasteiger partial charge is 0.224 e. The zero-order valence-electron chi connectivity index (χ0n) is 14.0. The summed E-state index contributed by atoms with van der Waals surface area (Å²) < 4.78 is 0. The molecule has 2 aromatic rings. The van der Waals surface area contributed by atoms with Gasteiger partial charge < -0.3 is 11.1 Å². The number of nitrogens with one attached hydrogen (secondary N) is 1. The van der Waals surface area contributed by atoms with Crippen LogP contribution in [-0.2, 0) is 11.2 Å². The van der Waals surface area contributed by atoms with Crippen LogP contribution in [0, 0.1) is 5.92 Å². The number of amides is 1. The Balaban J connectivity index is 0.00000208. The van der Waals surface area contributed by atoms with Gasteiger partial charge in [0, 0.05) is 6.54 Å². The van der Waals surface area contributed by atoms with Gasteiger partial charge in [-0.25, -0.2) is 0 Å². The predicted molar refractivity (Wildman–Crippen MR) is 101 cm³/mol. The fourth-order valence-corrected chi connectivity index (χ4v) is 3.03. The van der Waals surface area contributed by atoms with Gasteiger partial charge in [-0.3, -0.25) is 4.79 Å². The molecule has 0 aromatic heterocycles. The van der Waals surface area contributed by atoms with Crippen LogP contribution in [0.15, 0.2) is 54.6 Å². The van der Waals surface area contributed by atoms with Crippen LogP contribution < -0.4 is 11.1 Å². The molecule has 3 nitrogen and oxygen atoms in total. The van der Waals surface area contributed by atoms with Crippen molar-refractivity contribution >= 4 is 18.3 Å². The summed E-state index contributed by atoms with van der Waals surface area (Å²) >= 11 is 0. The van der Waals surface area contributed by atoms with Gasteiger partial charge in [0.05, 0.1) is 12.0 Å². The number of hydrogen-bond acceptors (Lipinski definition) is 2. The van der Waals surface area contributed by atoms with Crippen LogP contribution >= 0.6 is 12.4 Å². The molecule has 128 valence electrons. The molecule has 3 rings (SSSR count). The van der Waals surface area contributed by atoms with Gasteiger partial charge in [-0.1, -0.05) is 54.6 Å². The van der Waals surface area contributed by atoms with Gasteiger partial charge in [-0.05, 0) is 42.4 Å². The quantitative estimate of drug-likeness (QED) is 0.841. The van der Waals surface area contributed by atoms with E-state index in [1.165, 1.54) is 24.0 Å². The lowest BCUT2D eigenvalue weighted by Gasteiger charge is -2.29. The molecule has 0 radical (unpaired) electrons. The second kappa shape index (κ2) is 7.82. The number of nitrogens with two attached hydrogens (primary N) is 1. The Morgan fingerprint density at radius 1 is 1.08 bits per heavy atom. The van der Waals surface area contributed by atoms with Gasteiger partial charge in [-0.2, -0.15) is 0 Å². The van der Waals surface area contributed by atoms with Crippen molar-refractivity contribution in [3.05, 3.63) is 60.2 Å². The fourth-order valence-electron chi connectivity index (χ4n) is 3.03. The first kappa shape index (κ1) is 18.5. The lowest BCUT2D eigenvalue weighted by molar-refractivity contribution is -0.122. The normalized spacial score (nSPS) is 15.9. The van der Waals surface area contributed by atoms with E-state index in [4.69, 9.17) is 5.73 Å². The lowest BCUT2D eigenvalue weighted by atomic mass is 9.95. The molecule has 1 unspecified atom stereocenters. The number of hydrogen-bond donors (Lipinski definition) is 2. The van der Waals surface area contributed by atoms with Crippen molar-refractivity contribution in [1.29, 1.82) is 0 Å². The van der Waals surface area contributed by atoms with Crippen molar-refractivity contribution in [3.8, 4) is 11.1 Å². The Hall–Kier alpha value is -1.84. The predicted octanol–water partition coefficient (Wildman–Crippen LogP) is 3.56. The molecule has 2 aromatic carbocycles. The average Bonchev–Trinajstić information content (AvgIpc) is 3.41. The highest BCUT2D eigenvalue weighted by Gasteiger charge is 2.41. The Kier molecular flexibility index (Phi) is 6.03. The third kappa shape index (κ3) is 4.37. The maximum atomic E-state index is 12.3. The van der Waals surface area contributed by atoms with Gasteiger partial charge in [0.2, 0.25) is 5.91 Å². The van der Waals surface area contributed by atoms with E-state index >= 15 is 0 Å². The van der Waals surface area contributed by atoms with E-state index in [1.54, 1.807) is 0 Å². The highest BCUT2D eigenvalue weighted by molar-refractivity contribution is 5.85. The van der Waals surface area contributed by atoms with Crippen molar-refractivity contribution in [2.24, 2.45) is 11.7 Å². The van der Waals surface area contributed by atoms with Gasteiger partial charge in [0.1, 0.15) is 0 Å². The third-order valence-corrected chi connectivity index (χ3v) is 4.75. The minimum absolute atomic E-state index is 0. The van der Waals surface area contributed by atoms with Gasteiger partial charge in [0.15, 0.2) is 0 Å². The Bertz CT molecular complexity index is 668. The second-order valence-corrected chi connectivity index (χ2v) is 6.68. The van der Waals surface area contributed by atoms with Gasteiger partial charge >= 0.3 is 0 Å². The number of halogens is 1. The van der Waals surface area contributed by atoms with Crippen molar-refractivity contribution in [2.75, 3.05) is 6.54 Å². The Morgan fingerprint density at radius 2 is 1.67 bits per heavy atom. The minimum Gasteiger partial charge on any atom is -0.349 e. The molecule has 4 heteroatoms. The standard InChI is InChI=1S/C20H24N2O.ClH/c1-20(14-21,18-11-12-18)22-19(23)13-15-7-9-17(10-8-15)16-5-3-2-4-6-16;/h2-10,18H,11-14,21H2,1H3,(H,22,23);1H. The lowest BCUT2D eigenvalue weighted by Crippen LogP contribution is -2.53. The second-order valence-electron chi connectivity index (χ2n) is 6.68. The monoisotopic (exact) mass is 344 g/mol. The minimum atomic E-state index is -0.249. The Labute approximate surface area is 150 Å². The summed E-state index contributed by atoms with van der Waals surface area (Å²) in [4.78, 5) is 12.3. The van der Waals surface area contributed by atoms with E-state index in [1.807, 2.05) is 30.3 Å². The van der Waals surface area contributed by atoms with Crippen LogP contribution in [0.25, 0.3) is 11.1 Å². The van der Waals surface area contributed by atoms with E-state index in [9.17, 15) is 4.79 Å². The zero-order valence-corrected chi connectivity index (χ0v) is 14.8. The van der Waals surface area contributed by atoms with Crippen molar-refractivity contribution in [2.45, 2.75) is 31.7 Å². The van der Waals surface area contributed by atoms with Crippen LogP contribution in [0.3, 0.4) is 0 Å². The molecule has 0 aliphatic heterocycles. The summed E-state index contributed by atoms with van der Waals surface area (Å²) in [7, 11) is 0. The highest BCUT2D eigenvalue weighted by Crippen LogP contribution is 2.39. The molecule has 1 aliphatic carbocycles. The number of benzene rings is 2. The van der Waals surface area contributed by atoms with Gasteiger partial charge in [-0.15, -0.1) is 12.4 Å². The van der Waals surface area contributed by atoms with Gasteiger partial charge in [0.25, 0.3) is 0 Å². The molecule has 1 saturated carbocycles. The van der Waals surface area contributed by atoms with E-state index < -0.39 is 0 Å². The van der Waals surface area contributed by atoms with Crippen LogP contribution in [0.1, 0.15) is 25.3 Å². The summed E-state index contributed by atoms with van der Waals surface area (Å²) in [5, 5.41) is 3.14. The van der Waals surface area contributed by atoms with Crippen molar-refractivity contribution < 1.29 is 4.79 Å². The van der Waals surface area contributed by atoms with E-state index in [-0.39, 0.29) is 23.9 Å². The largest absolute Gasteiger partial charge is 0.349 e. The SMILES string of the molecule is CC(CN)(NC(=O)Cc1ccc(-c2ccccc2)cc1)C1CC1.Cl. The fraction of sp³-hybridized carbons (Fsp3) is 0.350. The Morgan fingerprint density at radius 3 is 2.21 bits per heavy atom. The molecule has 24 heavy (non-hydrogen) atoms. The third-order valence-electron chi connectivity index (χ3n) is 4.75. The summed E-state index contributed by atoms with van der Waals surface area (Å²) in [6.07, 6.45) is 2.73. The first-order valence-electron chi connectivity index (χ1n) is 8.26. The maximum Gasteiger partial charge on any atom is 0.224 e. The number of rotatable bonds is 6. The first-order valence-corrected chi connectivity index (χ1v) is 8.26. The van der Waals surface area contributed by atoms with E-state index in [0.717, 1.165) is 5.56 Å². The topological polar surface area (TPSA) is 55.1 Å². The molecule has 1 amide bonds.